The molecule has 0 N–H and O–H groups in total. The summed E-state index contributed by atoms with van der Waals surface area (Å²) >= 11 is 1.41. The topological polar surface area (TPSA) is 63.4 Å². The fourth-order valence-corrected chi connectivity index (χ4v) is 5.87. The van der Waals surface area contributed by atoms with E-state index in [-0.39, 0.29) is 11.3 Å². The molecule has 2 bridgehead atoms. The Bertz CT molecular complexity index is 876. The van der Waals surface area contributed by atoms with Crippen LogP contribution in [0.3, 0.4) is 0 Å². The largest absolute Gasteiger partial charge is 0.338 e. The second-order valence-corrected chi connectivity index (χ2v) is 10.1. The molecule has 140 valence electrons. The van der Waals surface area contributed by atoms with Crippen LogP contribution in [0.5, 0.6) is 0 Å². The SMILES string of the molecule is Cc1cc(C)n2nc(SCC(=O)N3CC4(C)CC3CC(C)(C)C4)nc2n1. The molecule has 2 unspecified atom stereocenters. The van der Waals surface area contributed by atoms with Crippen LogP contribution >= 0.6 is 11.8 Å². The molecule has 0 radical (unpaired) electrons. The lowest BCUT2D eigenvalue weighted by Crippen LogP contribution is -2.38. The van der Waals surface area contributed by atoms with E-state index in [2.05, 4.69) is 40.7 Å². The number of thioether (sulfide) groups is 1. The van der Waals surface area contributed by atoms with Gasteiger partial charge < -0.3 is 4.90 Å². The molecule has 3 heterocycles. The van der Waals surface area contributed by atoms with E-state index in [1.54, 1.807) is 4.52 Å². The highest BCUT2D eigenvalue weighted by molar-refractivity contribution is 7.99. The van der Waals surface area contributed by atoms with Gasteiger partial charge in [-0.2, -0.15) is 4.98 Å². The zero-order chi connectivity index (χ0) is 18.7. The smallest absolute Gasteiger partial charge is 0.253 e. The molecule has 2 fully saturated rings. The van der Waals surface area contributed by atoms with Crippen LogP contribution < -0.4 is 0 Å². The second kappa shape index (κ2) is 5.94. The number of fused-ring (bicyclic) bond motifs is 3. The summed E-state index contributed by atoms with van der Waals surface area (Å²) < 4.78 is 1.74. The normalized spacial score (nSPS) is 27.3. The number of hydrogen-bond donors (Lipinski definition) is 0. The molecular formula is C19H27N5OS. The maximum Gasteiger partial charge on any atom is 0.253 e. The van der Waals surface area contributed by atoms with Crippen LogP contribution in [0, 0.1) is 24.7 Å². The van der Waals surface area contributed by atoms with Gasteiger partial charge in [-0.1, -0.05) is 32.5 Å². The molecule has 2 aromatic rings. The zero-order valence-electron chi connectivity index (χ0n) is 16.2. The van der Waals surface area contributed by atoms with E-state index in [1.807, 2.05) is 19.9 Å². The Hall–Kier alpha value is -1.63. The van der Waals surface area contributed by atoms with Gasteiger partial charge in [0.1, 0.15) is 0 Å². The average Bonchev–Trinajstić information content (AvgIpc) is 3.02. The summed E-state index contributed by atoms with van der Waals surface area (Å²) in [6.07, 6.45) is 3.45. The lowest BCUT2D eigenvalue weighted by Gasteiger charge is -2.39. The number of aryl methyl sites for hydroxylation is 2. The molecule has 0 aromatic carbocycles. The second-order valence-electron chi connectivity index (χ2n) is 9.17. The third kappa shape index (κ3) is 3.21. The number of amides is 1. The van der Waals surface area contributed by atoms with Crippen molar-refractivity contribution in [1.82, 2.24) is 24.5 Å². The lowest BCUT2D eigenvalue weighted by molar-refractivity contribution is -0.129. The highest BCUT2D eigenvalue weighted by atomic mass is 32.2. The number of nitrogens with zero attached hydrogens (tertiary/aromatic N) is 5. The van der Waals surface area contributed by atoms with Gasteiger partial charge in [-0.05, 0) is 50.0 Å². The van der Waals surface area contributed by atoms with E-state index < -0.39 is 0 Å². The van der Waals surface area contributed by atoms with Crippen molar-refractivity contribution >= 4 is 23.4 Å². The molecule has 1 aliphatic heterocycles. The first-order chi connectivity index (χ1) is 12.1. The predicted octanol–water partition coefficient (Wildman–Crippen LogP) is 3.26. The summed E-state index contributed by atoms with van der Waals surface area (Å²) in [6.45, 7) is 11.8. The summed E-state index contributed by atoms with van der Waals surface area (Å²) in [6, 6.07) is 2.37. The van der Waals surface area contributed by atoms with Crippen molar-refractivity contribution < 1.29 is 4.79 Å². The first kappa shape index (κ1) is 17.8. The first-order valence-corrected chi connectivity index (χ1v) is 10.3. The first-order valence-electron chi connectivity index (χ1n) is 9.28. The molecule has 1 aliphatic carbocycles. The van der Waals surface area contributed by atoms with Crippen molar-refractivity contribution in [3.05, 3.63) is 17.5 Å². The van der Waals surface area contributed by atoms with Crippen LogP contribution in [-0.2, 0) is 4.79 Å². The van der Waals surface area contributed by atoms with Crippen LogP contribution in [0.1, 0.15) is 51.4 Å². The van der Waals surface area contributed by atoms with Gasteiger partial charge in [-0.15, -0.1) is 5.10 Å². The lowest BCUT2D eigenvalue weighted by atomic mass is 9.65. The van der Waals surface area contributed by atoms with Crippen LogP contribution in [0.15, 0.2) is 11.2 Å². The molecule has 1 saturated heterocycles. The number of rotatable bonds is 3. The number of carbonyl (C=O) groups excluding carboxylic acids is 1. The van der Waals surface area contributed by atoms with Gasteiger partial charge in [-0.25, -0.2) is 9.50 Å². The average molecular weight is 374 g/mol. The van der Waals surface area contributed by atoms with Crippen molar-refractivity contribution in [2.45, 2.75) is 65.1 Å². The molecule has 2 aliphatic rings. The van der Waals surface area contributed by atoms with Crippen LogP contribution in [0.25, 0.3) is 5.78 Å². The molecule has 26 heavy (non-hydrogen) atoms. The third-order valence-electron chi connectivity index (χ3n) is 5.66. The molecule has 0 spiro atoms. The molecule has 1 saturated carbocycles. The van der Waals surface area contributed by atoms with Gasteiger partial charge in [-0.3, -0.25) is 4.79 Å². The molecule has 1 amide bonds. The van der Waals surface area contributed by atoms with E-state index in [1.165, 1.54) is 18.2 Å². The van der Waals surface area contributed by atoms with Crippen molar-refractivity contribution in [2.75, 3.05) is 12.3 Å². The number of hydrogen-bond acceptors (Lipinski definition) is 5. The fourth-order valence-electron chi connectivity index (χ4n) is 5.17. The van der Waals surface area contributed by atoms with Gasteiger partial charge in [0.25, 0.3) is 5.78 Å². The highest BCUT2D eigenvalue weighted by Crippen LogP contribution is 2.52. The summed E-state index contributed by atoms with van der Waals surface area (Å²) in [4.78, 5) is 23.9. The number of aromatic nitrogens is 4. The van der Waals surface area contributed by atoms with Gasteiger partial charge in [0.2, 0.25) is 11.1 Å². The van der Waals surface area contributed by atoms with E-state index in [9.17, 15) is 4.79 Å². The zero-order valence-corrected chi connectivity index (χ0v) is 17.1. The maximum atomic E-state index is 12.9. The summed E-state index contributed by atoms with van der Waals surface area (Å²) in [5, 5.41) is 5.11. The standard InChI is InChI=1S/C19H27N5OS/c1-12-6-13(2)24-16(20-12)21-17(22-24)26-9-15(25)23-11-19(5)8-14(23)7-18(3,4)10-19/h6,14H,7-11H2,1-5H3. The molecule has 2 atom stereocenters. The minimum Gasteiger partial charge on any atom is -0.338 e. The Balaban J connectivity index is 1.46. The number of carbonyl (C=O) groups is 1. The Morgan fingerprint density at radius 3 is 2.81 bits per heavy atom. The quantitative estimate of drug-likeness (QED) is 0.773. The highest BCUT2D eigenvalue weighted by Gasteiger charge is 2.50. The van der Waals surface area contributed by atoms with Crippen molar-refractivity contribution in [2.24, 2.45) is 10.8 Å². The Labute approximate surface area is 158 Å². The molecule has 2 aromatic heterocycles. The van der Waals surface area contributed by atoms with Gasteiger partial charge >= 0.3 is 0 Å². The fraction of sp³-hybridized carbons (Fsp3) is 0.684. The molecule has 7 heteroatoms. The van der Waals surface area contributed by atoms with E-state index >= 15 is 0 Å². The van der Waals surface area contributed by atoms with Crippen molar-refractivity contribution in [3.8, 4) is 0 Å². The Morgan fingerprint density at radius 1 is 1.27 bits per heavy atom. The van der Waals surface area contributed by atoms with Crippen LogP contribution in [0.4, 0.5) is 0 Å². The Kier molecular flexibility index (Phi) is 4.06. The Morgan fingerprint density at radius 2 is 2.04 bits per heavy atom. The van der Waals surface area contributed by atoms with Crippen LogP contribution in [-0.4, -0.2) is 48.7 Å². The summed E-state index contributed by atoms with van der Waals surface area (Å²) in [5.41, 5.74) is 2.52. The maximum absolute atomic E-state index is 12.9. The molecular weight excluding hydrogens is 346 g/mol. The van der Waals surface area contributed by atoms with Gasteiger partial charge in [0.15, 0.2) is 0 Å². The number of likely N-dealkylation sites (tertiary alicyclic amines) is 1. The molecule has 4 rings (SSSR count). The summed E-state index contributed by atoms with van der Waals surface area (Å²) in [5.74, 6) is 1.20. The molecule has 6 nitrogen and oxygen atoms in total. The van der Waals surface area contributed by atoms with Gasteiger partial charge in [0, 0.05) is 24.0 Å². The van der Waals surface area contributed by atoms with E-state index in [0.717, 1.165) is 30.8 Å². The van der Waals surface area contributed by atoms with Crippen molar-refractivity contribution in [1.29, 1.82) is 0 Å². The van der Waals surface area contributed by atoms with Crippen molar-refractivity contribution in [3.63, 3.8) is 0 Å². The minimum absolute atomic E-state index is 0.209. The monoisotopic (exact) mass is 373 g/mol. The minimum atomic E-state index is 0.209. The van der Waals surface area contributed by atoms with Crippen LogP contribution in [0.2, 0.25) is 0 Å². The third-order valence-corrected chi connectivity index (χ3v) is 6.48. The van der Waals surface area contributed by atoms with E-state index in [4.69, 9.17) is 0 Å². The summed E-state index contributed by atoms with van der Waals surface area (Å²) in [7, 11) is 0. The van der Waals surface area contributed by atoms with E-state index in [0.29, 0.717) is 28.1 Å². The predicted molar refractivity (Wildman–Crippen MR) is 102 cm³/mol. The van der Waals surface area contributed by atoms with Gasteiger partial charge in [0.05, 0.1) is 5.75 Å².